The van der Waals surface area contributed by atoms with Crippen molar-refractivity contribution in [3.8, 4) is 0 Å². The number of hydrogen-bond donors (Lipinski definition) is 2. The number of hydrogen-bond acceptors (Lipinski definition) is 4. The van der Waals surface area contributed by atoms with Crippen molar-refractivity contribution in [3.63, 3.8) is 0 Å². The van der Waals surface area contributed by atoms with E-state index >= 15 is 0 Å². The van der Waals surface area contributed by atoms with Crippen LogP contribution in [0.5, 0.6) is 0 Å². The van der Waals surface area contributed by atoms with Crippen LogP contribution in [0.3, 0.4) is 0 Å². The fraction of sp³-hybridized carbons (Fsp3) is 0.200. The van der Waals surface area contributed by atoms with Gasteiger partial charge in [0.1, 0.15) is 6.04 Å². The Bertz CT molecular complexity index is 1230. The molecule has 0 saturated heterocycles. The van der Waals surface area contributed by atoms with Gasteiger partial charge in [0, 0.05) is 36.3 Å². The van der Waals surface area contributed by atoms with Crippen LogP contribution in [0.15, 0.2) is 72.9 Å². The number of fused-ring (bicyclic) bond motifs is 2. The van der Waals surface area contributed by atoms with Crippen LogP contribution in [0, 0.1) is 0 Å². The molecule has 0 radical (unpaired) electrons. The van der Waals surface area contributed by atoms with Gasteiger partial charge in [-0.05, 0) is 34.5 Å². The zero-order valence-corrected chi connectivity index (χ0v) is 17.6. The molecular weight excluding hydrogens is 390 g/mol. The minimum atomic E-state index is -0.762. The summed E-state index contributed by atoms with van der Waals surface area (Å²) in [5, 5.41) is 6.12. The Labute approximate surface area is 180 Å². The largest absolute Gasteiger partial charge is 0.467 e. The van der Waals surface area contributed by atoms with E-state index < -0.39 is 12.0 Å². The van der Waals surface area contributed by atoms with Gasteiger partial charge in [-0.25, -0.2) is 4.79 Å². The molecule has 0 aliphatic heterocycles. The highest BCUT2D eigenvalue weighted by molar-refractivity contribution is 5.90. The van der Waals surface area contributed by atoms with E-state index in [-0.39, 0.29) is 12.5 Å². The van der Waals surface area contributed by atoms with Crippen LogP contribution >= 0.6 is 0 Å². The molecule has 31 heavy (non-hydrogen) atoms. The van der Waals surface area contributed by atoms with Crippen molar-refractivity contribution in [3.05, 3.63) is 78.5 Å². The molecule has 0 spiro atoms. The summed E-state index contributed by atoms with van der Waals surface area (Å²) in [6.07, 6.45) is 2.22. The molecule has 0 unspecified atom stereocenters. The number of likely N-dealkylation sites (N-methyl/N-ethyl adjacent to an activating group) is 1. The van der Waals surface area contributed by atoms with Crippen LogP contribution < -0.4 is 10.2 Å². The third kappa shape index (κ3) is 4.53. The summed E-state index contributed by atoms with van der Waals surface area (Å²) in [6.45, 7) is 0.125. The fourth-order valence-electron chi connectivity index (χ4n) is 3.82. The van der Waals surface area contributed by atoms with Crippen molar-refractivity contribution in [2.45, 2.75) is 12.5 Å². The predicted octanol–water partition coefficient (Wildman–Crippen LogP) is 3.66. The van der Waals surface area contributed by atoms with E-state index in [1.807, 2.05) is 78.8 Å². The molecule has 6 nitrogen and oxygen atoms in total. The van der Waals surface area contributed by atoms with Gasteiger partial charge in [-0.15, -0.1) is 0 Å². The lowest BCUT2D eigenvalue weighted by Gasteiger charge is -2.22. The first kappa shape index (κ1) is 20.5. The van der Waals surface area contributed by atoms with Crippen molar-refractivity contribution in [2.75, 3.05) is 25.6 Å². The Morgan fingerprint density at radius 2 is 1.77 bits per heavy atom. The molecule has 4 aromatic rings. The molecule has 0 aliphatic carbocycles. The summed E-state index contributed by atoms with van der Waals surface area (Å²) in [5.74, 6) is -0.710. The number of aromatic nitrogens is 1. The van der Waals surface area contributed by atoms with Crippen LogP contribution in [0.2, 0.25) is 0 Å². The Morgan fingerprint density at radius 3 is 2.58 bits per heavy atom. The van der Waals surface area contributed by atoms with E-state index in [1.165, 1.54) is 7.11 Å². The summed E-state index contributed by atoms with van der Waals surface area (Å²) < 4.78 is 4.93. The number of anilines is 1. The Hall–Kier alpha value is -3.80. The number of nitrogens with one attached hydrogen (secondary N) is 2. The first-order valence-corrected chi connectivity index (χ1v) is 10.2. The number of amides is 1. The Balaban J connectivity index is 1.46. The van der Waals surface area contributed by atoms with Gasteiger partial charge >= 0.3 is 5.97 Å². The van der Waals surface area contributed by atoms with Crippen LogP contribution in [-0.4, -0.2) is 43.6 Å². The summed E-state index contributed by atoms with van der Waals surface area (Å²) >= 11 is 0. The summed E-state index contributed by atoms with van der Waals surface area (Å²) in [7, 11) is 3.19. The van der Waals surface area contributed by atoms with Crippen molar-refractivity contribution in [1.29, 1.82) is 0 Å². The number of carbonyl (C=O) groups is 2. The van der Waals surface area contributed by atoms with Crippen molar-refractivity contribution < 1.29 is 14.3 Å². The van der Waals surface area contributed by atoms with Gasteiger partial charge in [0.15, 0.2) is 0 Å². The van der Waals surface area contributed by atoms with E-state index in [9.17, 15) is 9.59 Å². The summed E-state index contributed by atoms with van der Waals surface area (Å²) in [4.78, 5) is 30.2. The van der Waals surface area contributed by atoms with E-state index in [0.29, 0.717) is 6.42 Å². The van der Waals surface area contributed by atoms with Crippen molar-refractivity contribution in [2.24, 2.45) is 0 Å². The smallest absolute Gasteiger partial charge is 0.328 e. The number of rotatable bonds is 7. The molecule has 1 amide bonds. The van der Waals surface area contributed by atoms with Gasteiger partial charge in [0.2, 0.25) is 5.91 Å². The molecule has 1 heterocycles. The Morgan fingerprint density at radius 1 is 1.03 bits per heavy atom. The molecule has 1 aromatic heterocycles. The van der Waals surface area contributed by atoms with Crippen LogP contribution in [-0.2, 0) is 20.7 Å². The Kier molecular flexibility index (Phi) is 5.89. The second kappa shape index (κ2) is 8.92. The molecule has 0 bridgehead atoms. The van der Waals surface area contributed by atoms with Gasteiger partial charge in [-0.3, -0.25) is 4.79 Å². The maximum atomic E-state index is 12.7. The number of para-hydroxylation sites is 1. The van der Waals surface area contributed by atoms with Gasteiger partial charge in [0.05, 0.1) is 13.7 Å². The SMILES string of the molecule is COC(=O)[C@H](Cc1c[nH]c2ccccc12)NC(=O)CN(C)c1ccc2ccccc2c1. The van der Waals surface area contributed by atoms with Crippen LogP contribution in [0.1, 0.15) is 5.56 Å². The number of carbonyl (C=O) groups excluding carboxylic acids is 2. The average molecular weight is 415 g/mol. The third-order valence-electron chi connectivity index (χ3n) is 5.47. The minimum Gasteiger partial charge on any atom is -0.467 e. The highest BCUT2D eigenvalue weighted by Gasteiger charge is 2.24. The van der Waals surface area contributed by atoms with E-state index in [2.05, 4.69) is 16.4 Å². The van der Waals surface area contributed by atoms with E-state index in [1.54, 1.807) is 0 Å². The van der Waals surface area contributed by atoms with Gasteiger partial charge in [-0.2, -0.15) is 0 Å². The standard InChI is InChI=1S/C25H25N3O3/c1-28(20-12-11-17-7-3-4-8-18(17)13-20)16-24(29)27-23(25(30)31-2)14-19-15-26-22-10-6-5-9-21(19)22/h3-13,15,23,26H,14,16H2,1-2H3,(H,27,29)/t23-/m0/s1. The number of nitrogens with zero attached hydrogens (tertiary/aromatic N) is 1. The maximum Gasteiger partial charge on any atom is 0.328 e. The highest BCUT2D eigenvalue weighted by atomic mass is 16.5. The zero-order valence-electron chi connectivity index (χ0n) is 17.6. The number of aromatic amines is 1. The first-order chi connectivity index (χ1) is 15.0. The number of benzene rings is 3. The minimum absolute atomic E-state index is 0.125. The van der Waals surface area contributed by atoms with Gasteiger partial charge in [0.25, 0.3) is 0 Å². The molecule has 0 aliphatic rings. The fourth-order valence-corrected chi connectivity index (χ4v) is 3.82. The number of esters is 1. The predicted molar refractivity (Wildman–Crippen MR) is 123 cm³/mol. The molecule has 6 heteroatoms. The topological polar surface area (TPSA) is 74.4 Å². The average Bonchev–Trinajstić information content (AvgIpc) is 3.20. The number of H-pyrrole nitrogens is 1. The highest BCUT2D eigenvalue weighted by Crippen LogP contribution is 2.22. The van der Waals surface area contributed by atoms with Crippen LogP contribution in [0.25, 0.3) is 21.7 Å². The molecular formula is C25H25N3O3. The first-order valence-electron chi connectivity index (χ1n) is 10.2. The maximum absolute atomic E-state index is 12.7. The normalized spacial score (nSPS) is 11.9. The second-order valence-corrected chi connectivity index (χ2v) is 7.59. The molecule has 4 rings (SSSR count). The molecule has 2 N–H and O–H groups in total. The number of methoxy groups -OCH3 is 1. The number of ether oxygens (including phenoxy) is 1. The monoisotopic (exact) mass is 415 g/mol. The van der Waals surface area contributed by atoms with Gasteiger partial charge < -0.3 is 19.9 Å². The third-order valence-corrected chi connectivity index (χ3v) is 5.47. The lowest BCUT2D eigenvalue weighted by molar-refractivity contribution is -0.144. The lowest BCUT2D eigenvalue weighted by atomic mass is 10.0. The summed E-state index contributed by atoms with van der Waals surface area (Å²) in [5.41, 5.74) is 2.87. The van der Waals surface area contributed by atoms with E-state index in [0.717, 1.165) is 32.9 Å². The van der Waals surface area contributed by atoms with Gasteiger partial charge in [-0.1, -0.05) is 48.5 Å². The quantitative estimate of drug-likeness (QED) is 0.452. The van der Waals surface area contributed by atoms with Crippen molar-refractivity contribution in [1.82, 2.24) is 10.3 Å². The van der Waals surface area contributed by atoms with E-state index in [4.69, 9.17) is 4.74 Å². The lowest BCUT2D eigenvalue weighted by Crippen LogP contribution is -2.46. The molecule has 0 fully saturated rings. The molecule has 1 atom stereocenters. The molecule has 0 saturated carbocycles. The second-order valence-electron chi connectivity index (χ2n) is 7.59. The summed E-state index contributed by atoms with van der Waals surface area (Å²) in [6, 6.07) is 21.3. The van der Waals surface area contributed by atoms with Crippen LogP contribution in [0.4, 0.5) is 5.69 Å². The molecule has 3 aromatic carbocycles. The zero-order chi connectivity index (χ0) is 21.8. The molecule has 158 valence electrons. The van der Waals surface area contributed by atoms with Crippen molar-refractivity contribution >= 4 is 39.2 Å².